The lowest BCUT2D eigenvalue weighted by atomic mass is 9.53. The zero-order valence-corrected chi connectivity index (χ0v) is 12.0. The minimum Gasteiger partial charge on any atom is -0.379 e. The highest BCUT2D eigenvalue weighted by Gasteiger charge is 2.50. The van der Waals surface area contributed by atoms with Crippen molar-refractivity contribution in [2.45, 2.75) is 57.4 Å². The average Bonchev–Trinajstić information content (AvgIpc) is 2.37. The topological polar surface area (TPSA) is 12.0 Å². The van der Waals surface area contributed by atoms with Crippen LogP contribution in [0.3, 0.4) is 0 Å². The van der Waals surface area contributed by atoms with Gasteiger partial charge < -0.3 is 5.32 Å². The Morgan fingerprint density at radius 2 is 1.58 bits per heavy atom. The Morgan fingerprint density at radius 3 is 2.16 bits per heavy atom. The lowest BCUT2D eigenvalue weighted by Gasteiger charge is -2.57. The lowest BCUT2D eigenvalue weighted by Crippen LogP contribution is -2.54. The molecule has 4 saturated carbocycles. The molecule has 5 rings (SSSR count). The molecular formula is C18H25N. The van der Waals surface area contributed by atoms with Crippen molar-refractivity contribution in [2.75, 3.05) is 5.32 Å². The largest absolute Gasteiger partial charge is 0.379 e. The van der Waals surface area contributed by atoms with Gasteiger partial charge in [0.05, 0.1) is 0 Å². The molecule has 102 valence electrons. The molecule has 1 heteroatoms. The Labute approximate surface area is 116 Å². The van der Waals surface area contributed by atoms with E-state index in [0.717, 1.165) is 24.2 Å². The van der Waals surface area contributed by atoms with Gasteiger partial charge in [0.15, 0.2) is 0 Å². The first-order valence-corrected chi connectivity index (χ1v) is 8.12. The van der Waals surface area contributed by atoms with Gasteiger partial charge >= 0.3 is 0 Å². The number of hydrogen-bond donors (Lipinski definition) is 1. The summed E-state index contributed by atoms with van der Waals surface area (Å²) in [4.78, 5) is 0. The van der Waals surface area contributed by atoms with Gasteiger partial charge in [0.2, 0.25) is 0 Å². The van der Waals surface area contributed by atoms with E-state index in [1.165, 1.54) is 49.8 Å². The Hall–Kier alpha value is -0.980. The molecule has 0 amide bonds. The van der Waals surface area contributed by atoms with Gasteiger partial charge in [0, 0.05) is 11.2 Å². The van der Waals surface area contributed by atoms with Crippen molar-refractivity contribution in [3.8, 4) is 0 Å². The summed E-state index contributed by atoms with van der Waals surface area (Å²) < 4.78 is 0. The third kappa shape index (κ3) is 1.98. The van der Waals surface area contributed by atoms with Crippen molar-refractivity contribution in [3.63, 3.8) is 0 Å². The van der Waals surface area contributed by atoms with Crippen LogP contribution in [-0.4, -0.2) is 5.54 Å². The molecule has 1 aromatic rings. The highest BCUT2D eigenvalue weighted by Crippen LogP contribution is 2.56. The molecule has 0 atom stereocenters. The molecular weight excluding hydrogens is 230 g/mol. The van der Waals surface area contributed by atoms with Gasteiger partial charge in [0.25, 0.3) is 0 Å². The second-order valence-electron chi connectivity index (χ2n) is 7.33. The smallest absolute Gasteiger partial charge is 0.0381 e. The zero-order valence-electron chi connectivity index (χ0n) is 12.0. The fraction of sp³-hybridized carbons (Fsp3) is 0.667. The number of hydrogen-bond acceptors (Lipinski definition) is 1. The Balaban J connectivity index is 1.62. The summed E-state index contributed by atoms with van der Waals surface area (Å²) in [5.74, 6) is 3.06. The van der Waals surface area contributed by atoms with Gasteiger partial charge in [-0.25, -0.2) is 0 Å². The van der Waals surface area contributed by atoms with E-state index in [1.54, 1.807) is 0 Å². The molecule has 1 N–H and O–H groups in total. The first-order chi connectivity index (χ1) is 9.26. The van der Waals surface area contributed by atoms with E-state index < -0.39 is 0 Å². The second kappa shape index (κ2) is 4.26. The number of anilines is 1. The maximum atomic E-state index is 4.01. The van der Waals surface area contributed by atoms with Crippen molar-refractivity contribution in [2.24, 2.45) is 17.8 Å². The van der Waals surface area contributed by atoms with Crippen LogP contribution < -0.4 is 5.32 Å². The van der Waals surface area contributed by atoms with Crippen molar-refractivity contribution < 1.29 is 0 Å². The lowest BCUT2D eigenvalue weighted by molar-refractivity contribution is 0.0107. The van der Waals surface area contributed by atoms with Crippen LogP contribution in [0.2, 0.25) is 0 Å². The highest BCUT2D eigenvalue weighted by molar-refractivity contribution is 5.53. The van der Waals surface area contributed by atoms with Gasteiger partial charge in [-0.3, -0.25) is 0 Å². The predicted octanol–water partition coefficient (Wildman–Crippen LogP) is 4.63. The fourth-order valence-corrected chi connectivity index (χ4v) is 5.50. The van der Waals surface area contributed by atoms with E-state index in [0.29, 0.717) is 5.54 Å². The fourth-order valence-electron chi connectivity index (χ4n) is 5.50. The van der Waals surface area contributed by atoms with Crippen molar-refractivity contribution >= 4 is 5.69 Å². The van der Waals surface area contributed by atoms with E-state index in [4.69, 9.17) is 0 Å². The summed E-state index contributed by atoms with van der Waals surface area (Å²) in [5.41, 5.74) is 3.34. The molecule has 0 saturated heterocycles. The Bertz CT molecular complexity index is 441. The number of aryl methyl sites for hydroxylation is 1. The van der Waals surface area contributed by atoms with E-state index in [9.17, 15) is 0 Å². The van der Waals surface area contributed by atoms with Crippen LogP contribution in [0.25, 0.3) is 0 Å². The molecule has 0 spiro atoms. The summed E-state index contributed by atoms with van der Waals surface area (Å²) >= 11 is 0. The minimum atomic E-state index is 0.444. The van der Waals surface area contributed by atoms with E-state index in [1.807, 2.05) is 0 Å². The van der Waals surface area contributed by atoms with Crippen LogP contribution in [0.1, 0.15) is 51.0 Å². The van der Waals surface area contributed by atoms with Crippen molar-refractivity contribution in [1.82, 2.24) is 0 Å². The van der Waals surface area contributed by atoms with Gasteiger partial charge in [-0.15, -0.1) is 0 Å². The quantitative estimate of drug-likeness (QED) is 0.830. The van der Waals surface area contributed by atoms with Crippen LogP contribution in [0, 0.1) is 17.8 Å². The summed E-state index contributed by atoms with van der Waals surface area (Å²) in [6.07, 6.45) is 9.99. The number of nitrogens with one attached hydrogen (secondary N) is 1. The predicted molar refractivity (Wildman–Crippen MR) is 80.3 cm³/mol. The maximum Gasteiger partial charge on any atom is 0.0381 e. The van der Waals surface area contributed by atoms with Gasteiger partial charge in [-0.1, -0.05) is 25.1 Å². The minimum absolute atomic E-state index is 0.444. The number of para-hydroxylation sites is 1. The van der Waals surface area contributed by atoms with E-state index in [-0.39, 0.29) is 0 Å². The first kappa shape index (κ1) is 11.8. The summed E-state index contributed by atoms with van der Waals surface area (Å²) in [6.45, 7) is 2.26. The molecule has 4 fully saturated rings. The highest BCUT2D eigenvalue weighted by atomic mass is 15.0. The molecule has 0 heterocycles. The third-order valence-electron chi connectivity index (χ3n) is 5.84. The normalized spacial score (nSPS) is 39.5. The van der Waals surface area contributed by atoms with Gasteiger partial charge in [0.1, 0.15) is 0 Å². The molecule has 1 nitrogen and oxygen atoms in total. The SMILES string of the molecule is CCc1ccccc1NC12CC3CC(CC(C3)C1)C2. The summed E-state index contributed by atoms with van der Waals surface area (Å²) in [6, 6.07) is 8.92. The average molecular weight is 255 g/mol. The molecule has 4 aliphatic carbocycles. The number of benzene rings is 1. The van der Waals surface area contributed by atoms with Crippen LogP contribution in [0.15, 0.2) is 24.3 Å². The molecule has 19 heavy (non-hydrogen) atoms. The standard InChI is InChI=1S/C18H25N/c1-2-16-5-3-4-6-17(16)19-18-10-13-7-14(11-18)9-15(8-13)12-18/h3-6,13-15,19H,2,7-12H2,1H3. The van der Waals surface area contributed by atoms with Crippen molar-refractivity contribution in [1.29, 1.82) is 0 Å². The van der Waals surface area contributed by atoms with Crippen LogP contribution in [0.5, 0.6) is 0 Å². The Kier molecular flexibility index (Phi) is 2.65. The molecule has 1 aromatic carbocycles. The monoisotopic (exact) mass is 255 g/mol. The summed E-state index contributed by atoms with van der Waals surface area (Å²) in [5, 5.41) is 4.01. The van der Waals surface area contributed by atoms with E-state index in [2.05, 4.69) is 36.5 Å². The first-order valence-electron chi connectivity index (χ1n) is 8.12. The summed E-state index contributed by atoms with van der Waals surface area (Å²) in [7, 11) is 0. The van der Waals surface area contributed by atoms with Crippen LogP contribution >= 0.6 is 0 Å². The van der Waals surface area contributed by atoms with Gasteiger partial charge in [-0.05, 0) is 74.3 Å². The van der Waals surface area contributed by atoms with E-state index >= 15 is 0 Å². The van der Waals surface area contributed by atoms with Crippen LogP contribution in [0.4, 0.5) is 5.69 Å². The molecule has 0 aromatic heterocycles. The van der Waals surface area contributed by atoms with Crippen LogP contribution in [-0.2, 0) is 6.42 Å². The maximum absolute atomic E-state index is 4.01. The second-order valence-corrected chi connectivity index (χ2v) is 7.33. The third-order valence-corrected chi connectivity index (χ3v) is 5.84. The molecule has 0 radical (unpaired) electrons. The Morgan fingerprint density at radius 1 is 1.00 bits per heavy atom. The molecule has 0 aliphatic heterocycles. The molecule has 4 bridgehead atoms. The number of rotatable bonds is 3. The van der Waals surface area contributed by atoms with Gasteiger partial charge in [-0.2, -0.15) is 0 Å². The van der Waals surface area contributed by atoms with Crippen molar-refractivity contribution in [3.05, 3.63) is 29.8 Å². The molecule has 0 unspecified atom stereocenters. The zero-order chi connectivity index (χ0) is 12.9. The molecule has 4 aliphatic rings.